The van der Waals surface area contributed by atoms with Crippen molar-refractivity contribution in [3.63, 3.8) is 0 Å². The lowest BCUT2D eigenvalue weighted by molar-refractivity contribution is 0.384. The van der Waals surface area contributed by atoms with Gasteiger partial charge in [-0.1, -0.05) is 29.4 Å². The van der Waals surface area contributed by atoms with E-state index >= 15 is 0 Å². The van der Waals surface area contributed by atoms with Gasteiger partial charge in [-0.2, -0.15) is 4.98 Å². The van der Waals surface area contributed by atoms with Gasteiger partial charge in [0.2, 0.25) is 5.89 Å². The Labute approximate surface area is 81.7 Å². The third-order valence-electron chi connectivity index (χ3n) is 2.09. The van der Waals surface area contributed by atoms with E-state index in [-0.39, 0.29) is 0 Å². The van der Waals surface area contributed by atoms with Gasteiger partial charge in [0.1, 0.15) is 0 Å². The van der Waals surface area contributed by atoms with Gasteiger partial charge in [0, 0.05) is 6.54 Å². The van der Waals surface area contributed by atoms with E-state index in [2.05, 4.69) is 10.1 Å². The molecule has 1 aromatic heterocycles. The summed E-state index contributed by atoms with van der Waals surface area (Å²) in [5, 5.41) is 3.56. The minimum atomic E-state index is 0.532. The molecule has 0 aliphatic carbocycles. The lowest BCUT2D eigenvalue weighted by Gasteiger charge is -2.03. The second-order valence-corrected chi connectivity index (χ2v) is 2.98. The second-order valence-electron chi connectivity index (χ2n) is 2.98. The molecule has 2 aromatic rings. The van der Waals surface area contributed by atoms with Crippen LogP contribution < -0.4 is 5.73 Å². The Balaban J connectivity index is 2.24. The van der Waals surface area contributed by atoms with Gasteiger partial charge in [-0.3, -0.25) is 0 Å². The highest BCUT2D eigenvalue weighted by molar-refractivity contribution is 5.28. The average Bonchev–Trinajstić information content (AvgIpc) is 2.71. The molecule has 0 aliphatic rings. The van der Waals surface area contributed by atoms with Crippen molar-refractivity contribution in [2.45, 2.75) is 13.0 Å². The first-order valence-electron chi connectivity index (χ1n) is 4.42. The van der Waals surface area contributed by atoms with Gasteiger partial charge < -0.3 is 10.3 Å². The van der Waals surface area contributed by atoms with Crippen molar-refractivity contribution in [1.29, 1.82) is 0 Å². The molecule has 2 rings (SSSR count). The van der Waals surface area contributed by atoms with Gasteiger partial charge in [-0.15, -0.1) is 0 Å². The Morgan fingerprint density at radius 1 is 1.21 bits per heavy atom. The van der Waals surface area contributed by atoms with Crippen LogP contribution in [0, 0.1) is 0 Å². The monoisotopic (exact) mass is 189 g/mol. The van der Waals surface area contributed by atoms with Crippen LogP contribution in [0.1, 0.15) is 17.0 Å². The molecule has 0 spiro atoms. The average molecular weight is 189 g/mol. The van der Waals surface area contributed by atoms with Crippen LogP contribution in [0.5, 0.6) is 0 Å². The highest BCUT2D eigenvalue weighted by Gasteiger charge is 2.04. The summed E-state index contributed by atoms with van der Waals surface area (Å²) >= 11 is 0. The Kier molecular flexibility index (Phi) is 2.55. The highest BCUT2D eigenvalue weighted by atomic mass is 16.5. The Hall–Kier alpha value is -1.68. The molecule has 72 valence electrons. The molecule has 1 heterocycles. The van der Waals surface area contributed by atoms with Crippen LogP contribution in [0.3, 0.4) is 0 Å². The van der Waals surface area contributed by atoms with Gasteiger partial charge in [0.15, 0.2) is 6.33 Å². The van der Waals surface area contributed by atoms with Crippen LogP contribution in [0.2, 0.25) is 0 Å². The molecule has 0 radical (unpaired) electrons. The molecule has 0 bridgehead atoms. The predicted molar refractivity (Wildman–Crippen MR) is 51.4 cm³/mol. The lowest BCUT2D eigenvalue weighted by atomic mass is 10.0. The number of hydrogen-bond donors (Lipinski definition) is 1. The number of rotatable bonds is 3. The van der Waals surface area contributed by atoms with Crippen LogP contribution >= 0.6 is 0 Å². The summed E-state index contributed by atoms with van der Waals surface area (Å²) in [5.74, 6) is 0.617. The molecule has 2 N–H and O–H groups in total. The Bertz CT molecular complexity index is 398. The maximum Gasteiger partial charge on any atom is 0.230 e. The smallest absolute Gasteiger partial charge is 0.230 e. The fourth-order valence-corrected chi connectivity index (χ4v) is 1.37. The maximum absolute atomic E-state index is 5.61. The molecule has 0 saturated carbocycles. The van der Waals surface area contributed by atoms with E-state index in [1.165, 1.54) is 6.33 Å². The van der Waals surface area contributed by atoms with E-state index in [1.54, 1.807) is 0 Å². The van der Waals surface area contributed by atoms with Crippen molar-refractivity contribution in [3.8, 4) is 0 Å². The summed E-state index contributed by atoms with van der Waals surface area (Å²) in [6.45, 7) is 0.532. The van der Waals surface area contributed by atoms with Gasteiger partial charge >= 0.3 is 0 Å². The summed E-state index contributed by atoms with van der Waals surface area (Å²) in [6, 6.07) is 7.97. The summed E-state index contributed by atoms with van der Waals surface area (Å²) in [7, 11) is 0. The minimum absolute atomic E-state index is 0.532. The molecule has 0 saturated heterocycles. The van der Waals surface area contributed by atoms with Crippen molar-refractivity contribution in [2.75, 3.05) is 0 Å². The summed E-state index contributed by atoms with van der Waals surface area (Å²) in [5.41, 5.74) is 7.87. The van der Waals surface area contributed by atoms with Gasteiger partial charge in [-0.25, -0.2) is 0 Å². The zero-order valence-corrected chi connectivity index (χ0v) is 7.68. The predicted octanol–water partition coefficient (Wildman–Crippen LogP) is 1.12. The molecular formula is C10H11N3O. The van der Waals surface area contributed by atoms with E-state index in [0.29, 0.717) is 18.9 Å². The van der Waals surface area contributed by atoms with E-state index in [0.717, 1.165) is 11.1 Å². The van der Waals surface area contributed by atoms with Crippen LogP contribution in [0.4, 0.5) is 0 Å². The third kappa shape index (κ3) is 1.80. The van der Waals surface area contributed by atoms with Crippen LogP contribution in [0.25, 0.3) is 0 Å². The lowest BCUT2D eigenvalue weighted by Crippen LogP contribution is -2.01. The van der Waals surface area contributed by atoms with Crippen LogP contribution in [0.15, 0.2) is 35.1 Å². The number of aromatic nitrogens is 2. The van der Waals surface area contributed by atoms with Crippen molar-refractivity contribution in [1.82, 2.24) is 10.1 Å². The quantitative estimate of drug-likeness (QED) is 0.785. The minimum Gasteiger partial charge on any atom is -0.339 e. The second kappa shape index (κ2) is 4.02. The maximum atomic E-state index is 5.61. The first-order chi connectivity index (χ1) is 6.90. The topological polar surface area (TPSA) is 64.9 Å². The molecule has 0 aliphatic heterocycles. The summed E-state index contributed by atoms with van der Waals surface area (Å²) in [6.07, 6.45) is 2.05. The molecule has 0 unspecified atom stereocenters. The first-order valence-corrected chi connectivity index (χ1v) is 4.42. The van der Waals surface area contributed by atoms with Crippen molar-refractivity contribution in [3.05, 3.63) is 47.6 Å². The molecule has 14 heavy (non-hydrogen) atoms. The summed E-state index contributed by atoms with van der Waals surface area (Å²) < 4.78 is 4.93. The normalized spacial score (nSPS) is 10.4. The molecule has 0 amide bonds. The van der Waals surface area contributed by atoms with Gasteiger partial charge in [0.25, 0.3) is 0 Å². The van der Waals surface area contributed by atoms with Crippen LogP contribution in [-0.2, 0) is 13.0 Å². The standard InChI is InChI=1S/C10H11N3O/c11-6-9-4-2-1-3-8(9)5-10-12-7-13-14-10/h1-4,7H,5-6,11H2. The molecule has 0 atom stereocenters. The molecular weight excluding hydrogens is 178 g/mol. The zero-order valence-electron chi connectivity index (χ0n) is 7.68. The highest BCUT2D eigenvalue weighted by Crippen LogP contribution is 2.11. The third-order valence-corrected chi connectivity index (χ3v) is 2.09. The van der Waals surface area contributed by atoms with Crippen molar-refractivity contribution < 1.29 is 4.52 Å². The molecule has 0 fully saturated rings. The first kappa shape index (κ1) is 8.90. The number of hydrogen-bond acceptors (Lipinski definition) is 4. The van der Waals surface area contributed by atoms with E-state index < -0.39 is 0 Å². The zero-order chi connectivity index (χ0) is 9.80. The van der Waals surface area contributed by atoms with Gasteiger partial charge in [-0.05, 0) is 11.1 Å². The van der Waals surface area contributed by atoms with Crippen molar-refractivity contribution >= 4 is 0 Å². The van der Waals surface area contributed by atoms with E-state index in [9.17, 15) is 0 Å². The Morgan fingerprint density at radius 3 is 2.64 bits per heavy atom. The van der Waals surface area contributed by atoms with Crippen molar-refractivity contribution in [2.24, 2.45) is 5.73 Å². The van der Waals surface area contributed by atoms with Gasteiger partial charge in [0.05, 0.1) is 6.42 Å². The van der Waals surface area contributed by atoms with E-state index in [4.69, 9.17) is 10.3 Å². The van der Waals surface area contributed by atoms with E-state index in [1.807, 2.05) is 24.3 Å². The number of nitrogens with two attached hydrogens (primary N) is 1. The fourth-order valence-electron chi connectivity index (χ4n) is 1.37. The molecule has 1 aromatic carbocycles. The molecule has 4 heteroatoms. The van der Waals surface area contributed by atoms with Crippen LogP contribution in [-0.4, -0.2) is 10.1 Å². The SMILES string of the molecule is NCc1ccccc1Cc1ncno1. The Morgan fingerprint density at radius 2 is 2.00 bits per heavy atom. The number of benzene rings is 1. The molecule has 4 nitrogen and oxygen atoms in total. The fraction of sp³-hybridized carbons (Fsp3) is 0.200. The summed E-state index contributed by atoms with van der Waals surface area (Å²) in [4.78, 5) is 3.97. The largest absolute Gasteiger partial charge is 0.339 e. The number of nitrogens with zero attached hydrogens (tertiary/aromatic N) is 2.